The van der Waals surface area contributed by atoms with Gasteiger partial charge in [-0.05, 0) is 63.1 Å². The fraction of sp³-hybridized carbons (Fsp3) is 0.300. The SMILES string of the molecule is Cc1nc(NC(C)c2cccc(Cl)c2)c2cc(C(C)(C)O)ccc2n1. The van der Waals surface area contributed by atoms with Crippen molar-refractivity contribution >= 4 is 28.3 Å². The molecule has 3 aromatic rings. The molecule has 1 atom stereocenters. The van der Waals surface area contributed by atoms with E-state index in [0.717, 1.165) is 27.8 Å². The number of aryl methyl sites for hydroxylation is 1. The van der Waals surface area contributed by atoms with Crippen LogP contribution in [0.2, 0.25) is 5.02 Å². The number of fused-ring (bicyclic) bond motifs is 1. The van der Waals surface area contributed by atoms with Crippen molar-refractivity contribution in [1.82, 2.24) is 9.97 Å². The first-order chi connectivity index (χ1) is 11.7. The maximum Gasteiger partial charge on any atom is 0.138 e. The predicted molar refractivity (Wildman–Crippen MR) is 103 cm³/mol. The van der Waals surface area contributed by atoms with Crippen LogP contribution in [0.5, 0.6) is 0 Å². The highest BCUT2D eigenvalue weighted by Gasteiger charge is 2.18. The minimum atomic E-state index is -0.922. The molecule has 0 radical (unpaired) electrons. The molecule has 1 heterocycles. The molecular weight excluding hydrogens is 334 g/mol. The van der Waals surface area contributed by atoms with Crippen molar-refractivity contribution in [2.75, 3.05) is 5.32 Å². The second kappa shape index (κ2) is 6.62. The Morgan fingerprint density at radius 1 is 1.12 bits per heavy atom. The van der Waals surface area contributed by atoms with Crippen LogP contribution in [0, 0.1) is 6.92 Å². The van der Waals surface area contributed by atoms with E-state index in [0.29, 0.717) is 10.8 Å². The van der Waals surface area contributed by atoms with Crippen molar-refractivity contribution in [2.24, 2.45) is 0 Å². The number of aliphatic hydroxyl groups is 1. The Labute approximate surface area is 152 Å². The summed E-state index contributed by atoms with van der Waals surface area (Å²) in [7, 11) is 0. The van der Waals surface area contributed by atoms with Gasteiger partial charge in [-0.1, -0.05) is 29.8 Å². The molecule has 25 heavy (non-hydrogen) atoms. The molecule has 0 bridgehead atoms. The Morgan fingerprint density at radius 2 is 1.88 bits per heavy atom. The van der Waals surface area contributed by atoms with Crippen molar-refractivity contribution in [1.29, 1.82) is 0 Å². The first-order valence-electron chi connectivity index (χ1n) is 8.27. The van der Waals surface area contributed by atoms with Gasteiger partial charge in [-0.25, -0.2) is 9.97 Å². The minimum absolute atomic E-state index is 0.0296. The van der Waals surface area contributed by atoms with Crippen molar-refractivity contribution in [3.8, 4) is 0 Å². The van der Waals surface area contributed by atoms with E-state index in [4.69, 9.17) is 11.6 Å². The van der Waals surface area contributed by atoms with Crippen LogP contribution in [0.15, 0.2) is 42.5 Å². The monoisotopic (exact) mass is 355 g/mol. The van der Waals surface area contributed by atoms with Gasteiger partial charge in [0.1, 0.15) is 11.6 Å². The molecule has 0 aliphatic carbocycles. The van der Waals surface area contributed by atoms with Gasteiger partial charge in [0.05, 0.1) is 17.2 Å². The van der Waals surface area contributed by atoms with Crippen LogP contribution in [0.25, 0.3) is 10.9 Å². The zero-order valence-electron chi connectivity index (χ0n) is 14.8. The maximum atomic E-state index is 10.3. The average molecular weight is 356 g/mol. The van der Waals surface area contributed by atoms with E-state index in [-0.39, 0.29) is 6.04 Å². The number of rotatable bonds is 4. The van der Waals surface area contributed by atoms with Gasteiger partial charge in [0.15, 0.2) is 0 Å². The third-order valence-corrected chi connectivity index (χ3v) is 4.45. The van der Waals surface area contributed by atoms with Gasteiger partial charge in [0, 0.05) is 10.4 Å². The second-order valence-electron chi connectivity index (χ2n) is 6.83. The quantitative estimate of drug-likeness (QED) is 0.692. The smallest absolute Gasteiger partial charge is 0.138 e. The van der Waals surface area contributed by atoms with Gasteiger partial charge < -0.3 is 10.4 Å². The summed E-state index contributed by atoms with van der Waals surface area (Å²) >= 11 is 6.10. The molecule has 3 rings (SSSR count). The fourth-order valence-electron chi connectivity index (χ4n) is 2.80. The molecule has 0 aliphatic heterocycles. The number of halogens is 1. The maximum absolute atomic E-state index is 10.3. The van der Waals surface area contributed by atoms with E-state index < -0.39 is 5.60 Å². The highest BCUT2D eigenvalue weighted by molar-refractivity contribution is 6.30. The van der Waals surface area contributed by atoms with Crippen LogP contribution >= 0.6 is 11.6 Å². The highest BCUT2D eigenvalue weighted by atomic mass is 35.5. The van der Waals surface area contributed by atoms with Crippen LogP contribution in [0.3, 0.4) is 0 Å². The lowest BCUT2D eigenvalue weighted by Gasteiger charge is -2.20. The van der Waals surface area contributed by atoms with E-state index in [9.17, 15) is 5.11 Å². The Hall–Kier alpha value is -2.17. The molecule has 2 aromatic carbocycles. The molecule has 0 aliphatic rings. The molecule has 0 spiro atoms. The number of nitrogens with one attached hydrogen (secondary N) is 1. The number of aromatic nitrogens is 2. The lowest BCUT2D eigenvalue weighted by molar-refractivity contribution is 0.0787. The summed E-state index contributed by atoms with van der Waals surface area (Å²) in [5.41, 5.74) is 1.83. The van der Waals surface area contributed by atoms with Crippen molar-refractivity contribution < 1.29 is 5.11 Å². The summed E-state index contributed by atoms with van der Waals surface area (Å²) in [5.74, 6) is 1.45. The van der Waals surface area contributed by atoms with Gasteiger partial charge in [-0.2, -0.15) is 0 Å². The Balaban J connectivity index is 2.05. The molecule has 0 saturated heterocycles. The van der Waals surface area contributed by atoms with Gasteiger partial charge in [-0.15, -0.1) is 0 Å². The Morgan fingerprint density at radius 3 is 2.56 bits per heavy atom. The summed E-state index contributed by atoms with van der Waals surface area (Å²) in [5, 5.41) is 15.4. The molecule has 1 aromatic heterocycles. The first-order valence-corrected chi connectivity index (χ1v) is 8.65. The van der Waals surface area contributed by atoms with Gasteiger partial charge >= 0.3 is 0 Å². The van der Waals surface area contributed by atoms with E-state index in [1.54, 1.807) is 13.8 Å². The van der Waals surface area contributed by atoms with Crippen LogP contribution in [0.4, 0.5) is 5.82 Å². The predicted octanol–water partition coefficient (Wildman–Crippen LogP) is 4.99. The molecular formula is C20H22ClN3O. The molecule has 130 valence electrons. The molecule has 2 N–H and O–H groups in total. The Kier molecular flexibility index (Phi) is 4.67. The number of nitrogens with zero attached hydrogens (tertiary/aromatic N) is 2. The average Bonchev–Trinajstić information content (AvgIpc) is 2.53. The molecule has 0 amide bonds. The summed E-state index contributed by atoms with van der Waals surface area (Å²) in [6.45, 7) is 7.48. The zero-order chi connectivity index (χ0) is 18.2. The summed E-state index contributed by atoms with van der Waals surface area (Å²) in [6, 6.07) is 13.6. The summed E-state index contributed by atoms with van der Waals surface area (Å²) < 4.78 is 0. The standard InChI is InChI=1S/C20H22ClN3O/c1-12(14-6-5-7-16(21)10-14)22-19-17-11-15(20(3,4)25)8-9-18(17)23-13(2)24-19/h5-12,25H,1-4H3,(H,22,23,24). The fourth-order valence-corrected chi connectivity index (χ4v) is 3.00. The first kappa shape index (κ1) is 17.6. The molecule has 0 saturated carbocycles. The van der Waals surface area contributed by atoms with Crippen molar-refractivity contribution in [2.45, 2.75) is 39.3 Å². The van der Waals surface area contributed by atoms with Crippen LogP contribution in [-0.2, 0) is 5.60 Å². The lowest BCUT2D eigenvalue weighted by Crippen LogP contribution is -2.15. The van der Waals surface area contributed by atoms with Gasteiger partial charge in [0.25, 0.3) is 0 Å². The second-order valence-corrected chi connectivity index (χ2v) is 7.27. The van der Waals surface area contributed by atoms with E-state index in [1.165, 1.54) is 0 Å². The molecule has 1 unspecified atom stereocenters. The van der Waals surface area contributed by atoms with E-state index in [1.807, 2.05) is 49.4 Å². The number of anilines is 1. The van der Waals surface area contributed by atoms with Crippen LogP contribution in [0.1, 0.15) is 43.8 Å². The third kappa shape index (κ3) is 3.91. The largest absolute Gasteiger partial charge is 0.386 e. The van der Waals surface area contributed by atoms with Gasteiger partial charge in [-0.3, -0.25) is 0 Å². The van der Waals surface area contributed by atoms with Crippen LogP contribution < -0.4 is 5.32 Å². The zero-order valence-corrected chi connectivity index (χ0v) is 15.6. The summed E-state index contributed by atoms with van der Waals surface area (Å²) in [4.78, 5) is 9.08. The van der Waals surface area contributed by atoms with Crippen molar-refractivity contribution in [3.05, 3.63) is 64.4 Å². The number of hydrogen-bond acceptors (Lipinski definition) is 4. The summed E-state index contributed by atoms with van der Waals surface area (Å²) in [6.07, 6.45) is 0. The molecule has 4 nitrogen and oxygen atoms in total. The highest BCUT2D eigenvalue weighted by Crippen LogP contribution is 2.29. The number of hydrogen-bond donors (Lipinski definition) is 2. The molecule has 5 heteroatoms. The van der Waals surface area contributed by atoms with E-state index >= 15 is 0 Å². The van der Waals surface area contributed by atoms with Gasteiger partial charge in [0.2, 0.25) is 0 Å². The van der Waals surface area contributed by atoms with Crippen molar-refractivity contribution in [3.63, 3.8) is 0 Å². The van der Waals surface area contributed by atoms with E-state index in [2.05, 4.69) is 22.2 Å². The topological polar surface area (TPSA) is 58.0 Å². The molecule has 0 fully saturated rings. The lowest BCUT2D eigenvalue weighted by atomic mass is 9.97. The van der Waals surface area contributed by atoms with Crippen LogP contribution in [-0.4, -0.2) is 15.1 Å². The normalized spacial score (nSPS) is 13.0. The third-order valence-electron chi connectivity index (χ3n) is 4.22. The Bertz CT molecular complexity index is 918. The minimum Gasteiger partial charge on any atom is -0.386 e. The number of benzene rings is 2.